The van der Waals surface area contributed by atoms with Gasteiger partial charge in [0.15, 0.2) is 11.5 Å². The molecule has 0 saturated carbocycles. The quantitative estimate of drug-likeness (QED) is 0.397. The third kappa shape index (κ3) is 6.69. The predicted molar refractivity (Wildman–Crippen MR) is 98.6 cm³/mol. The molecule has 8 heteroatoms. The SMILES string of the molecule is COc1cc(/C=C/C(=O)NCc2ccc(CCO[N+](=O)[O-])cc2)ccc1O. The van der Waals surface area contributed by atoms with E-state index in [0.717, 1.165) is 16.7 Å². The third-order valence-corrected chi connectivity index (χ3v) is 3.71. The first-order valence-corrected chi connectivity index (χ1v) is 8.16. The minimum Gasteiger partial charge on any atom is -0.504 e. The Hall–Kier alpha value is -3.55. The molecule has 0 aliphatic rings. The minimum atomic E-state index is -0.814. The van der Waals surface area contributed by atoms with Gasteiger partial charge in [-0.2, -0.15) is 0 Å². The van der Waals surface area contributed by atoms with Crippen molar-refractivity contribution in [2.24, 2.45) is 0 Å². The van der Waals surface area contributed by atoms with E-state index in [1.807, 2.05) is 24.3 Å². The fraction of sp³-hybridized carbons (Fsp3) is 0.211. The van der Waals surface area contributed by atoms with Crippen LogP contribution < -0.4 is 10.1 Å². The first-order chi connectivity index (χ1) is 13.0. The van der Waals surface area contributed by atoms with Gasteiger partial charge in [-0.15, -0.1) is 10.1 Å². The summed E-state index contributed by atoms with van der Waals surface area (Å²) >= 11 is 0. The number of ether oxygens (including phenoxy) is 1. The van der Waals surface area contributed by atoms with Crippen LogP contribution in [0, 0.1) is 10.1 Å². The number of rotatable bonds is 9. The summed E-state index contributed by atoms with van der Waals surface area (Å²) < 4.78 is 5.02. The molecule has 0 aromatic heterocycles. The fourth-order valence-electron chi connectivity index (χ4n) is 2.28. The predicted octanol–water partition coefficient (Wildman–Crippen LogP) is 2.48. The molecular formula is C19H20N2O6. The number of phenols is 1. The zero-order chi connectivity index (χ0) is 19.6. The number of carbonyl (C=O) groups excluding carboxylic acids is 1. The normalized spacial score (nSPS) is 10.6. The highest BCUT2D eigenvalue weighted by molar-refractivity contribution is 5.91. The van der Waals surface area contributed by atoms with E-state index in [1.165, 1.54) is 19.3 Å². The molecule has 142 valence electrons. The molecule has 0 bridgehead atoms. The lowest BCUT2D eigenvalue weighted by Crippen LogP contribution is -2.20. The summed E-state index contributed by atoms with van der Waals surface area (Å²) in [4.78, 5) is 26.3. The number of hydrogen-bond donors (Lipinski definition) is 2. The van der Waals surface area contributed by atoms with Crippen LogP contribution in [0.3, 0.4) is 0 Å². The van der Waals surface area contributed by atoms with Crippen LogP contribution in [0.25, 0.3) is 6.08 Å². The van der Waals surface area contributed by atoms with Gasteiger partial charge in [0, 0.05) is 12.6 Å². The maximum absolute atomic E-state index is 11.9. The topological polar surface area (TPSA) is 111 Å². The molecule has 2 N–H and O–H groups in total. The van der Waals surface area contributed by atoms with E-state index in [4.69, 9.17) is 4.74 Å². The maximum Gasteiger partial charge on any atom is 0.294 e. The van der Waals surface area contributed by atoms with Gasteiger partial charge in [-0.25, -0.2) is 0 Å². The van der Waals surface area contributed by atoms with Crippen LogP contribution in [0.4, 0.5) is 0 Å². The molecule has 1 amide bonds. The zero-order valence-corrected chi connectivity index (χ0v) is 14.8. The molecule has 8 nitrogen and oxygen atoms in total. The van der Waals surface area contributed by atoms with Crippen LogP contribution in [0.1, 0.15) is 16.7 Å². The number of amides is 1. The lowest BCUT2D eigenvalue weighted by Gasteiger charge is -2.05. The average molecular weight is 372 g/mol. The standard InChI is InChI=1S/C19H20N2O6/c1-26-18-12-15(6-8-17(18)22)7-9-19(23)20-13-16-4-2-14(3-5-16)10-11-27-21(24)25/h2-9,12,22H,10-11,13H2,1H3,(H,20,23)/b9-7+. The van der Waals surface area contributed by atoms with Crippen molar-refractivity contribution in [3.8, 4) is 11.5 Å². The monoisotopic (exact) mass is 372 g/mol. The van der Waals surface area contributed by atoms with Gasteiger partial charge in [0.25, 0.3) is 5.09 Å². The molecule has 0 radical (unpaired) electrons. The summed E-state index contributed by atoms with van der Waals surface area (Å²) in [6.45, 7) is 0.365. The molecule has 0 fully saturated rings. The summed E-state index contributed by atoms with van der Waals surface area (Å²) in [6.07, 6.45) is 3.46. The van der Waals surface area contributed by atoms with Crippen LogP contribution in [-0.2, 0) is 22.6 Å². The van der Waals surface area contributed by atoms with E-state index in [0.29, 0.717) is 18.7 Å². The number of phenolic OH excluding ortho intramolecular Hbond substituents is 1. The van der Waals surface area contributed by atoms with Gasteiger partial charge in [-0.05, 0) is 41.3 Å². The highest BCUT2D eigenvalue weighted by Crippen LogP contribution is 2.26. The molecule has 2 rings (SSSR count). The highest BCUT2D eigenvalue weighted by atomic mass is 16.9. The molecule has 0 spiro atoms. The van der Waals surface area contributed by atoms with Gasteiger partial charge in [-0.3, -0.25) is 4.79 Å². The highest BCUT2D eigenvalue weighted by Gasteiger charge is 2.02. The van der Waals surface area contributed by atoms with Crippen molar-refractivity contribution < 1.29 is 24.6 Å². The molecule has 0 saturated heterocycles. The lowest BCUT2D eigenvalue weighted by atomic mass is 10.1. The Bertz CT molecular complexity index is 817. The number of nitrogens with one attached hydrogen (secondary N) is 1. The van der Waals surface area contributed by atoms with E-state index < -0.39 is 5.09 Å². The fourth-order valence-corrected chi connectivity index (χ4v) is 2.28. The van der Waals surface area contributed by atoms with Gasteiger partial charge >= 0.3 is 0 Å². The van der Waals surface area contributed by atoms with Gasteiger partial charge in [0.2, 0.25) is 5.91 Å². The number of benzene rings is 2. The number of methoxy groups -OCH3 is 1. The van der Waals surface area contributed by atoms with E-state index in [2.05, 4.69) is 10.2 Å². The van der Waals surface area contributed by atoms with E-state index in [1.54, 1.807) is 18.2 Å². The third-order valence-electron chi connectivity index (χ3n) is 3.71. The molecule has 2 aromatic rings. The molecule has 0 heterocycles. The Kier molecular flexibility index (Phi) is 7.18. The van der Waals surface area contributed by atoms with Crippen molar-refractivity contribution >= 4 is 12.0 Å². The summed E-state index contributed by atoms with van der Waals surface area (Å²) in [6, 6.07) is 12.2. The summed E-state index contributed by atoms with van der Waals surface area (Å²) in [5, 5.41) is 21.6. The van der Waals surface area contributed by atoms with Gasteiger partial charge in [0.05, 0.1) is 7.11 Å². The molecule has 0 aliphatic heterocycles. The first-order valence-electron chi connectivity index (χ1n) is 8.16. The van der Waals surface area contributed by atoms with Crippen molar-refractivity contribution in [2.75, 3.05) is 13.7 Å². The van der Waals surface area contributed by atoms with E-state index >= 15 is 0 Å². The molecule has 2 aromatic carbocycles. The Morgan fingerprint density at radius 2 is 1.93 bits per heavy atom. The van der Waals surface area contributed by atoms with Crippen molar-refractivity contribution in [3.05, 3.63) is 75.3 Å². The van der Waals surface area contributed by atoms with Crippen LogP contribution in [0.15, 0.2) is 48.5 Å². The summed E-state index contributed by atoms with van der Waals surface area (Å²) in [5.74, 6) is 0.110. The van der Waals surface area contributed by atoms with E-state index in [-0.39, 0.29) is 18.3 Å². The molecular weight excluding hydrogens is 352 g/mol. The second-order valence-electron chi connectivity index (χ2n) is 5.61. The second-order valence-corrected chi connectivity index (χ2v) is 5.61. The zero-order valence-electron chi connectivity index (χ0n) is 14.8. The van der Waals surface area contributed by atoms with Crippen LogP contribution in [-0.4, -0.2) is 29.8 Å². The smallest absolute Gasteiger partial charge is 0.294 e. The van der Waals surface area contributed by atoms with Crippen LogP contribution >= 0.6 is 0 Å². The molecule has 0 atom stereocenters. The molecule has 27 heavy (non-hydrogen) atoms. The molecule has 0 aliphatic carbocycles. The lowest BCUT2D eigenvalue weighted by molar-refractivity contribution is -0.757. The van der Waals surface area contributed by atoms with Gasteiger partial charge in [0.1, 0.15) is 6.61 Å². The number of aromatic hydroxyl groups is 1. The second kappa shape index (κ2) is 9.81. The van der Waals surface area contributed by atoms with E-state index in [9.17, 15) is 20.0 Å². The van der Waals surface area contributed by atoms with Crippen molar-refractivity contribution in [1.82, 2.24) is 5.32 Å². The van der Waals surface area contributed by atoms with Crippen LogP contribution in [0.2, 0.25) is 0 Å². The summed E-state index contributed by atoms with van der Waals surface area (Å²) in [5.41, 5.74) is 2.54. The summed E-state index contributed by atoms with van der Waals surface area (Å²) in [7, 11) is 1.45. The van der Waals surface area contributed by atoms with Crippen molar-refractivity contribution in [3.63, 3.8) is 0 Å². The maximum atomic E-state index is 11.9. The van der Waals surface area contributed by atoms with Crippen LogP contribution in [0.5, 0.6) is 11.5 Å². The number of nitrogens with zero attached hydrogens (tertiary/aromatic N) is 1. The Morgan fingerprint density at radius 1 is 1.22 bits per heavy atom. The van der Waals surface area contributed by atoms with Crippen molar-refractivity contribution in [2.45, 2.75) is 13.0 Å². The Morgan fingerprint density at radius 3 is 2.59 bits per heavy atom. The molecule has 0 unspecified atom stereocenters. The number of carbonyl (C=O) groups is 1. The van der Waals surface area contributed by atoms with Crippen molar-refractivity contribution in [1.29, 1.82) is 0 Å². The largest absolute Gasteiger partial charge is 0.504 e. The Labute approximate surface area is 156 Å². The minimum absolute atomic E-state index is 0.00984. The average Bonchev–Trinajstić information content (AvgIpc) is 2.66. The number of hydrogen-bond acceptors (Lipinski definition) is 6. The Balaban J connectivity index is 1.82. The van der Waals surface area contributed by atoms with Gasteiger partial charge in [-0.1, -0.05) is 30.3 Å². The first kappa shape index (κ1) is 19.8. The van der Waals surface area contributed by atoms with Gasteiger partial charge < -0.3 is 20.0 Å².